The molecule has 0 radical (unpaired) electrons. The molecule has 2 aliphatic rings. The molecule has 0 saturated heterocycles. The van der Waals surface area contributed by atoms with Gasteiger partial charge < -0.3 is 10.6 Å². The van der Waals surface area contributed by atoms with E-state index in [9.17, 15) is 9.18 Å². The first kappa shape index (κ1) is 18.5. The summed E-state index contributed by atoms with van der Waals surface area (Å²) in [5.74, 6) is -0.221. The number of aromatic nitrogens is 3. The molecule has 0 aliphatic carbocycles. The standard InChI is InChI=1S/C23H22FN5O/c1-2-3-13-4-6-14(7-5-13)21-20(22-26-12-27-29-22)16-8-9-25-23(30)17-10-15(24)11-18(28-21)19(16)17/h4-8,10-12,20-21,28H,2-3,9H2,1H3,(H,25,30)(H,26,27,29). The average molecular weight is 403 g/mol. The highest BCUT2D eigenvalue weighted by molar-refractivity contribution is 6.04. The number of amides is 1. The van der Waals surface area contributed by atoms with E-state index in [4.69, 9.17) is 0 Å². The van der Waals surface area contributed by atoms with Crippen molar-refractivity contribution in [1.82, 2.24) is 20.5 Å². The Morgan fingerprint density at radius 1 is 1.20 bits per heavy atom. The number of H-pyrrole nitrogens is 1. The maximum Gasteiger partial charge on any atom is 0.252 e. The Hall–Kier alpha value is -3.48. The lowest BCUT2D eigenvalue weighted by Gasteiger charge is -2.36. The quantitative estimate of drug-likeness (QED) is 0.616. The van der Waals surface area contributed by atoms with E-state index in [0.29, 0.717) is 23.6 Å². The first-order valence-corrected chi connectivity index (χ1v) is 10.2. The summed E-state index contributed by atoms with van der Waals surface area (Å²) >= 11 is 0. The molecule has 3 heterocycles. The van der Waals surface area contributed by atoms with Gasteiger partial charge in [0.15, 0.2) is 0 Å². The first-order chi connectivity index (χ1) is 14.7. The summed E-state index contributed by atoms with van der Waals surface area (Å²) in [6, 6.07) is 11.1. The number of nitrogens with one attached hydrogen (secondary N) is 3. The van der Waals surface area contributed by atoms with Crippen LogP contribution in [0.5, 0.6) is 0 Å². The lowest BCUT2D eigenvalue weighted by atomic mass is 9.77. The smallest absolute Gasteiger partial charge is 0.252 e. The molecule has 2 unspecified atom stereocenters. The van der Waals surface area contributed by atoms with Crippen molar-refractivity contribution >= 4 is 17.2 Å². The molecule has 3 aromatic rings. The van der Waals surface area contributed by atoms with Gasteiger partial charge in [-0.1, -0.05) is 43.7 Å². The first-order valence-electron chi connectivity index (χ1n) is 10.2. The zero-order chi connectivity index (χ0) is 20.7. The molecule has 0 saturated carbocycles. The number of carbonyl (C=O) groups is 1. The van der Waals surface area contributed by atoms with Crippen molar-refractivity contribution in [3.8, 4) is 0 Å². The molecule has 152 valence electrons. The van der Waals surface area contributed by atoms with Gasteiger partial charge in [-0.25, -0.2) is 9.37 Å². The highest BCUT2D eigenvalue weighted by atomic mass is 19.1. The highest BCUT2D eigenvalue weighted by Gasteiger charge is 2.39. The van der Waals surface area contributed by atoms with E-state index in [-0.39, 0.29) is 17.9 Å². The van der Waals surface area contributed by atoms with Gasteiger partial charge in [0.05, 0.1) is 17.5 Å². The lowest BCUT2D eigenvalue weighted by Crippen LogP contribution is -2.28. The fourth-order valence-corrected chi connectivity index (χ4v) is 4.50. The number of aryl methyl sites for hydroxylation is 1. The molecule has 2 aliphatic heterocycles. The molecular formula is C23H22FN5O. The van der Waals surface area contributed by atoms with Gasteiger partial charge in [-0.2, -0.15) is 5.10 Å². The molecule has 1 aromatic heterocycles. The maximum absolute atomic E-state index is 14.4. The molecule has 2 atom stereocenters. The molecule has 30 heavy (non-hydrogen) atoms. The Morgan fingerprint density at radius 3 is 2.77 bits per heavy atom. The summed E-state index contributed by atoms with van der Waals surface area (Å²) in [5, 5.41) is 13.4. The van der Waals surface area contributed by atoms with Gasteiger partial charge in [0.25, 0.3) is 5.91 Å². The topological polar surface area (TPSA) is 82.7 Å². The summed E-state index contributed by atoms with van der Waals surface area (Å²) < 4.78 is 14.4. The number of hydrogen-bond acceptors (Lipinski definition) is 4. The second-order valence-corrected chi connectivity index (χ2v) is 7.71. The summed E-state index contributed by atoms with van der Waals surface area (Å²) in [7, 11) is 0. The number of benzene rings is 2. The lowest BCUT2D eigenvalue weighted by molar-refractivity contribution is 0.0958. The minimum atomic E-state index is -0.442. The number of nitrogens with zero attached hydrogens (tertiary/aromatic N) is 2. The van der Waals surface area contributed by atoms with E-state index >= 15 is 0 Å². The van der Waals surface area contributed by atoms with Crippen LogP contribution < -0.4 is 10.6 Å². The molecule has 0 bridgehead atoms. The number of carbonyl (C=O) groups excluding carboxylic acids is 1. The van der Waals surface area contributed by atoms with Crippen LogP contribution in [-0.4, -0.2) is 27.6 Å². The van der Waals surface area contributed by atoms with Crippen molar-refractivity contribution in [2.24, 2.45) is 0 Å². The van der Waals surface area contributed by atoms with Crippen LogP contribution in [0.25, 0.3) is 5.57 Å². The van der Waals surface area contributed by atoms with Crippen LogP contribution in [0, 0.1) is 5.82 Å². The Bertz CT molecular complexity index is 1120. The summed E-state index contributed by atoms with van der Waals surface area (Å²) in [4.78, 5) is 17.0. The predicted octanol–water partition coefficient (Wildman–Crippen LogP) is 3.97. The van der Waals surface area contributed by atoms with Gasteiger partial charge in [0.2, 0.25) is 0 Å². The summed E-state index contributed by atoms with van der Waals surface area (Å²) in [5.41, 5.74) is 4.97. The molecule has 2 aromatic carbocycles. The molecule has 0 fully saturated rings. The fourth-order valence-electron chi connectivity index (χ4n) is 4.50. The van der Waals surface area contributed by atoms with E-state index in [1.807, 2.05) is 6.08 Å². The molecule has 3 N–H and O–H groups in total. The Labute approximate surface area is 173 Å². The summed E-state index contributed by atoms with van der Waals surface area (Å²) in [6.45, 7) is 2.53. The van der Waals surface area contributed by atoms with Gasteiger partial charge >= 0.3 is 0 Å². The van der Waals surface area contributed by atoms with Crippen LogP contribution in [-0.2, 0) is 6.42 Å². The SMILES string of the molecule is CCCc1ccc(C2Nc3cc(F)cc4c3C(=CCNC4=O)C2c2ncn[nH]2)cc1. The van der Waals surface area contributed by atoms with E-state index < -0.39 is 5.82 Å². The minimum absolute atomic E-state index is 0.185. The van der Waals surface area contributed by atoms with E-state index in [1.165, 1.54) is 24.0 Å². The van der Waals surface area contributed by atoms with Crippen molar-refractivity contribution in [2.45, 2.75) is 31.7 Å². The third kappa shape index (κ3) is 3.07. The van der Waals surface area contributed by atoms with Crippen LogP contribution >= 0.6 is 0 Å². The second-order valence-electron chi connectivity index (χ2n) is 7.71. The summed E-state index contributed by atoms with van der Waals surface area (Å²) in [6.07, 6.45) is 5.60. The van der Waals surface area contributed by atoms with Crippen molar-refractivity contribution in [1.29, 1.82) is 0 Å². The molecule has 5 rings (SSSR count). The van der Waals surface area contributed by atoms with Crippen molar-refractivity contribution in [3.05, 3.63) is 82.7 Å². The number of anilines is 1. The van der Waals surface area contributed by atoms with E-state index in [0.717, 1.165) is 29.5 Å². The number of aromatic amines is 1. The van der Waals surface area contributed by atoms with E-state index in [1.54, 1.807) is 0 Å². The van der Waals surface area contributed by atoms with Gasteiger partial charge in [-0.05, 0) is 35.3 Å². The Balaban J connectivity index is 1.69. The zero-order valence-corrected chi connectivity index (χ0v) is 16.6. The number of halogens is 1. The Kier molecular flexibility index (Phi) is 4.58. The van der Waals surface area contributed by atoms with Crippen molar-refractivity contribution in [3.63, 3.8) is 0 Å². The van der Waals surface area contributed by atoms with Crippen LogP contribution in [0.3, 0.4) is 0 Å². The third-order valence-corrected chi connectivity index (χ3v) is 5.81. The van der Waals surface area contributed by atoms with Crippen LogP contribution in [0.1, 0.15) is 58.2 Å². The van der Waals surface area contributed by atoms with Gasteiger partial charge in [0, 0.05) is 17.8 Å². The van der Waals surface area contributed by atoms with Crippen LogP contribution in [0.15, 0.2) is 48.8 Å². The van der Waals surface area contributed by atoms with E-state index in [2.05, 4.69) is 57.0 Å². The van der Waals surface area contributed by atoms with Gasteiger partial charge in [0.1, 0.15) is 18.0 Å². The second kappa shape index (κ2) is 7.40. The maximum atomic E-state index is 14.4. The molecule has 6 nitrogen and oxygen atoms in total. The predicted molar refractivity (Wildman–Crippen MR) is 113 cm³/mol. The average Bonchev–Trinajstić information content (AvgIpc) is 3.22. The normalized spacial score (nSPS) is 19.9. The van der Waals surface area contributed by atoms with Crippen molar-refractivity contribution < 1.29 is 9.18 Å². The zero-order valence-electron chi connectivity index (χ0n) is 16.6. The molecular weight excluding hydrogens is 381 g/mol. The molecule has 1 amide bonds. The van der Waals surface area contributed by atoms with Gasteiger partial charge in [-0.3, -0.25) is 9.89 Å². The largest absolute Gasteiger partial charge is 0.377 e. The molecule has 7 heteroatoms. The van der Waals surface area contributed by atoms with Crippen LogP contribution in [0.4, 0.5) is 10.1 Å². The van der Waals surface area contributed by atoms with Crippen molar-refractivity contribution in [2.75, 3.05) is 11.9 Å². The highest BCUT2D eigenvalue weighted by Crippen LogP contribution is 2.50. The van der Waals surface area contributed by atoms with Crippen LogP contribution in [0.2, 0.25) is 0 Å². The Morgan fingerprint density at radius 2 is 2.03 bits per heavy atom. The number of rotatable bonds is 4. The third-order valence-electron chi connectivity index (χ3n) is 5.81. The van der Waals surface area contributed by atoms with Gasteiger partial charge in [-0.15, -0.1) is 0 Å². The number of hydrogen-bond donors (Lipinski definition) is 3. The minimum Gasteiger partial charge on any atom is -0.377 e. The molecule has 0 spiro atoms. The monoisotopic (exact) mass is 403 g/mol. The fraction of sp³-hybridized carbons (Fsp3) is 0.261.